The van der Waals surface area contributed by atoms with Crippen molar-refractivity contribution in [2.75, 3.05) is 13.1 Å². The van der Waals surface area contributed by atoms with E-state index in [9.17, 15) is 17.2 Å². The molecule has 2 aliphatic rings. The van der Waals surface area contributed by atoms with E-state index < -0.39 is 27.3 Å². The van der Waals surface area contributed by atoms with Gasteiger partial charge in [-0.25, -0.2) is 21.5 Å². The lowest BCUT2D eigenvalue weighted by Gasteiger charge is -2.27. The minimum Gasteiger partial charge on any atom is -0.360 e. The molecule has 8 heteroatoms. The van der Waals surface area contributed by atoms with Crippen molar-refractivity contribution in [1.82, 2.24) is 9.46 Å². The summed E-state index contributed by atoms with van der Waals surface area (Å²) in [4.78, 5) is 0. The minimum absolute atomic E-state index is 0.112. The highest BCUT2D eigenvalue weighted by molar-refractivity contribution is 7.88. The van der Waals surface area contributed by atoms with Gasteiger partial charge in [0.15, 0.2) is 5.76 Å². The van der Waals surface area contributed by atoms with Crippen LogP contribution >= 0.6 is 0 Å². The monoisotopic (exact) mass is 306 g/mol. The molecule has 2 fully saturated rings. The van der Waals surface area contributed by atoms with E-state index in [2.05, 4.69) is 5.16 Å². The summed E-state index contributed by atoms with van der Waals surface area (Å²) in [6.07, 6.45) is 0.194. The molecule has 1 aromatic rings. The zero-order valence-corrected chi connectivity index (χ0v) is 12.1. The summed E-state index contributed by atoms with van der Waals surface area (Å²) in [7, 11) is -3.64. The predicted octanol–water partition coefficient (Wildman–Crippen LogP) is 1.79. The van der Waals surface area contributed by atoms with Crippen LogP contribution in [0.3, 0.4) is 0 Å². The first-order valence-electron chi connectivity index (χ1n) is 6.45. The zero-order valence-electron chi connectivity index (χ0n) is 11.3. The summed E-state index contributed by atoms with van der Waals surface area (Å²) < 4.78 is 57.8. The number of sulfonamides is 1. The zero-order chi connectivity index (χ0) is 14.8. The van der Waals surface area contributed by atoms with Crippen molar-refractivity contribution in [2.45, 2.75) is 31.9 Å². The van der Waals surface area contributed by atoms with Crippen LogP contribution in [-0.4, -0.2) is 36.9 Å². The normalized spacial score (nSPS) is 32.9. The molecular formula is C12H16F2N2O3S. The Bertz CT molecular complexity index is 643. The van der Waals surface area contributed by atoms with Gasteiger partial charge in [-0.3, -0.25) is 0 Å². The first-order chi connectivity index (χ1) is 9.17. The van der Waals surface area contributed by atoms with Crippen molar-refractivity contribution >= 4 is 10.0 Å². The average molecular weight is 306 g/mol. The molecule has 2 unspecified atom stereocenters. The second-order valence-electron chi connectivity index (χ2n) is 5.89. The van der Waals surface area contributed by atoms with E-state index >= 15 is 0 Å². The quantitative estimate of drug-likeness (QED) is 0.854. The molecule has 1 aliphatic carbocycles. The molecule has 1 saturated heterocycles. The minimum atomic E-state index is -3.64. The Kier molecular flexibility index (Phi) is 2.79. The summed E-state index contributed by atoms with van der Waals surface area (Å²) in [6.45, 7) is 3.25. The molecule has 0 aromatic carbocycles. The van der Waals surface area contributed by atoms with Gasteiger partial charge >= 0.3 is 0 Å². The van der Waals surface area contributed by atoms with Crippen molar-refractivity contribution in [3.05, 3.63) is 17.5 Å². The van der Waals surface area contributed by atoms with Gasteiger partial charge in [0.05, 0.1) is 5.69 Å². The Morgan fingerprint density at radius 1 is 1.55 bits per heavy atom. The van der Waals surface area contributed by atoms with Gasteiger partial charge in [-0.1, -0.05) is 12.1 Å². The van der Waals surface area contributed by atoms with E-state index in [4.69, 9.17) is 4.52 Å². The van der Waals surface area contributed by atoms with Gasteiger partial charge in [0.2, 0.25) is 10.0 Å². The lowest BCUT2D eigenvalue weighted by molar-refractivity contribution is 0.0636. The van der Waals surface area contributed by atoms with Crippen molar-refractivity contribution in [2.24, 2.45) is 11.3 Å². The highest BCUT2D eigenvalue weighted by atomic mass is 32.2. The number of hydrogen-bond acceptors (Lipinski definition) is 4. The highest BCUT2D eigenvalue weighted by Crippen LogP contribution is 2.69. The molecule has 20 heavy (non-hydrogen) atoms. The number of halogens is 2. The number of hydrogen-bond donors (Lipinski definition) is 0. The molecule has 0 radical (unpaired) electrons. The van der Waals surface area contributed by atoms with Crippen LogP contribution in [0, 0.1) is 18.3 Å². The lowest BCUT2D eigenvalue weighted by Crippen LogP contribution is -2.39. The van der Waals surface area contributed by atoms with Gasteiger partial charge in [-0.2, -0.15) is 0 Å². The van der Waals surface area contributed by atoms with Crippen LogP contribution in [0.4, 0.5) is 8.78 Å². The molecule has 0 spiro atoms. The standard InChI is InChI=1S/C12H16F2N2O3S/c1-8-5-9(19-15-8)7-20(17,18)16-4-3-11(2)10(6-16)12(11,13)14/h5,10H,3-4,6-7H2,1-2H3. The highest BCUT2D eigenvalue weighted by Gasteiger charge is 2.78. The summed E-state index contributed by atoms with van der Waals surface area (Å²) >= 11 is 0. The molecule has 2 heterocycles. The van der Waals surface area contributed by atoms with E-state index in [1.165, 1.54) is 13.0 Å². The topological polar surface area (TPSA) is 63.4 Å². The number of aromatic nitrogens is 1. The van der Waals surface area contributed by atoms with Gasteiger partial charge in [-0.05, 0) is 13.3 Å². The lowest BCUT2D eigenvalue weighted by atomic mass is 9.99. The molecule has 112 valence electrons. The number of fused-ring (bicyclic) bond motifs is 1. The molecule has 1 aliphatic heterocycles. The molecule has 1 aromatic heterocycles. The van der Waals surface area contributed by atoms with Crippen molar-refractivity contribution in [3.63, 3.8) is 0 Å². The average Bonchev–Trinajstić information content (AvgIpc) is 2.63. The Morgan fingerprint density at radius 2 is 2.25 bits per heavy atom. The van der Waals surface area contributed by atoms with Crippen LogP contribution in [0.1, 0.15) is 24.8 Å². The van der Waals surface area contributed by atoms with Crippen LogP contribution in [0.15, 0.2) is 10.6 Å². The van der Waals surface area contributed by atoms with Gasteiger partial charge in [0.25, 0.3) is 5.92 Å². The van der Waals surface area contributed by atoms with Crippen LogP contribution in [0.5, 0.6) is 0 Å². The van der Waals surface area contributed by atoms with Crippen LogP contribution < -0.4 is 0 Å². The molecular weight excluding hydrogens is 290 g/mol. The van der Waals surface area contributed by atoms with E-state index in [1.807, 2.05) is 0 Å². The van der Waals surface area contributed by atoms with E-state index in [0.29, 0.717) is 5.69 Å². The van der Waals surface area contributed by atoms with E-state index in [-0.39, 0.29) is 31.0 Å². The first-order valence-corrected chi connectivity index (χ1v) is 8.05. The van der Waals surface area contributed by atoms with Crippen molar-refractivity contribution in [1.29, 1.82) is 0 Å². The van der Waals surface area contributed by atoms with Crippen LogP contribution in [0.2, 0.25) is 0 Å². The maximum Gasteiger partial charge on any atom is 0.258 e. The first kappa shape index (κ1) is 13.9. The number of alkyl halides is 2. The predicted molar refractivity (Wildman–Crippen MR) is 66.6 cm³/mol. The molecule has 5 nitrogen and oxygen atoms in total. The fraction of sp³-hybridized carbons (Fsp3) is 0.750. The largest absolute Gasteiger partial charge is 0.360 e. The fourth-order valence-electron chi connectivity index (χ4n) is 2.99. The SMILES string of the molecule is Cc1cc(CS(=O)(=O)N2CCC3(C)C(C2)C3(F)F)on1. The Labute approximate surface area is 116 Å². The van der Waals surface area contributed by atoms with Gasteiger partial charge < -0.3 is 4.52 Å². The number of piperidine rings is 1. The molecule has 1 saturated carbocycles. The van der Waals surface area contributed by atoms with Crippen LogP contribution in [0.25, 0.3) is 0 Å². The Morgan fingerprint density at radius 3 is 2.80 bits per heavy atom. The fourth-order valence-corrected chi connectivity index (χ4v) is 4.42. The summed E-state index contributed by atoms with van der Waals surface area (Å²) in [6, 6.07) is 1.54. The molecule has 0 bridgehead atoms. The Hall–Kier alpha value is -1.02. The molecule has 3 rings (SSSR count). The van der Waals surface area contributed by atoms with Gasteiger partial charge in [0.1, 0.15) is 5.75 Å². The second-order valence-corrected chi connectivity index (χ2v) is 7.86. The van der Waals surface area contributed by atoms with Gasteiger partial charge in [0, 0.05) is 30.5 Å². The Balaban J connectivity index is 1.74. The molecule has 0 amide bonds. The maximum atomic E-state index is 13.6. The third-order valence-electron chi connectivity index (χ3n) is 4.55. The second kappa shape index (κ2) is 4.00. The smallest absolute Gasteiger partial charge is 0.258 e. The summed E-state index contributed by atoms with van der Waals surface area (Å²) in [5, 5.41) is 3.63. The third-order valence-corrected chi connectivity index (χ3v) is 6.31. The van der Waals surface area contributed by atoms with E-state index in [1.54, 1.807) is 6.92 Å². The van der Waals surface area contributed by atoms with Crippen LogP contribution in [-0.2, 0) is 15.8 Å². The summed E-state index contributed by atoms with van der Waals surface area (Å²) in [5.41, 5.74) is -0.433. The summed E-state index contributed by atoms with van der Waals surface area (Å²) in [5.74, 6) is -3.71. The number of nitrogens with zero attached hydrogens (tertiary/aromatic N) is 2. The third kappa shape index (κ3) is 1.88. The number of aryl methyl sites for hydroxylation is 1. The molecule has 0 N–H and O–H groups in total. The maximum absolute atomic E-state index is 13.6. The number of rotatable bonds is 3. The molecule has 2 atom stereocenters. The van der Waals surface area contributed by atoms with Gasteiger partial charge in [-0.15, -0.1) is 0 Å². The van der Waals surface area contributed by atoms with E-state index in [0.717, 1.165) is 4.31 Å². The van der Waals surface area contributed by atoms with Crippen molar-refractivity contribution < 1.29 is 21.7 Å². The van der Waals surface area contributed by atoms with Crippen molar-refractivity contribution in [3.8, 4) is 0 Å².